The van der Waals surface area contributed by atoms with Crippen LogP contribution in [0.3, 0.4) is 0 Å². The minimum atomic E-state index is -4.32. The molecule has 1 fully saturated rings. The molecule has 0 radical (unpaired) electrons. The van der Waals surface area contributed by atoms with Crippen LogP contribution in [0.5, 0.6) is 0 Å². The molecule has 1 aromatic carbocycles. The largest absolute Gasteiger partial charge is 0.448 e. The summed E-state index contributed by atoms with van der Waals surface area (Å²) in [6.45, 7) is 2.79. The molecule has 0 saturated carbocycles. The van der Waals surface area contributed by atoms with Crippen LogP contribution in [-0.2, 0) is 6.18 Å². The number of carbonyl (C=O) groups is 1. The number of amides is 1. The highest BCUT2D eigenvalue weighted by Crippen LogP contribution is 2.33. The van der Waals surface area contributed by atoms with Gasteiger partial charge in [-0.3, -0.25) is 4.79 Å². The standard InChI is InChI=1S/C17H17F3N2O2/c1-11-15(21-10-24-11)16(23)22-8-6-13(7-9-22)12-2-4-14(5-3-12)17(18,19)20/h2-5,10,13H,6-9H2,1H3. The van der Waals surface area contributed by atoms with E-state index >= 15 is 0 Å². The summed E-state index contributed by atoms with van der Waals surface area (Å²) < 4.78 is 42.9. The normalized spacial score (nSPS) is 16.4. The van der Waals surface area contributed by atoms with Gasteiger partial charge >= 0.3 is 6.18 Å². The Morgan fingerprint density at radius 2 is 1.83 bits per heavy atom. The summed E-state index contributed by atoms with van der Waals surface area (Å²) >= 11 is 0. The van der Waals surface area contributed by atoms with Crippen LogP contribution < -0.4 is 0 Å². The van der Waals surface area contributed by atoms with Gasteiger partial charge in [-0.05, 0) is 43.4 Å². The monoisotopic (exact) mass is 338 g/mol. The zero-order valence-corrected chi connectivity index (χ0v) is 13.1. The molecular weight excluding hydrogens is 321 g/mol. The average Bonchev–Trinajstić information content (AvgIpc) is 3.00. The van der Waals surface area contributed by atoms with E-state index in [1.54, 1.807) is 11.8 Å². The molecule has 0 bridgehead atoms. The van der Waals surface area contributed by atoms with E-state index in [2.05, 4.69) is 4.98 Å². The van der Waals surface area contributed by atoms with Gasteiger partial charge in [-0.1, -0.05) is 12.1 Å². The van der Waals surface area contributed by atoms with Gasteiger partial charge in [-0.2, -0.15) is 13.2 Å². The number of aryl methyl sites for hydroxylation is 1. The Balaban J connectivity index is 1.63. The van der Waals surface area contributed by atoms with E-state index < -0.39 is 11.7 Å². The fourth-order valence-electron chi connectivity index (χ4n) is 3.02. The SMILES string of the molecule is Cc1ocnc1C(=O)N1CCC(c2ccc(C(F)(F)F)cc2)CC1. The van der Waals surface area contributed by atoms with Crippen LogP contribution >= 0.6 is 0 Å². The van der Waals surface area contributed by atoms with Crippen molar-refractivity contribution in [3.8, 4) is 0 Å². The number of aromatic nitrogens is 1. The molecule has 0 unspecified atom stereocenters. The average molecular weight is 338 g/mol. The van der Waals surface area contributed by atoms with Crippen LogP contribution in [0, 0.1) is 6.92 Å². The van der Waals surface area contributed by atoms with Gasteiger partial charge in [0, 0.05) is 13.1 Å². The summed E-state index contributed by atoms with van der Waals surface area (Å²) in [6, 6.07) is 5.30. The molecule has 4 nitrogen and oxygen atoms in total. The van der Waals surface area contributed by atoms with Gasteiger partial charge < -0.3 is 9.32 Å². The molecular formula is C17H17F3N2O2. The van der Waals surface area contributed by atoms with Crippen molar-refractivity contribution >= 4 is 5.91 Å². The van der Waals surface area contributed by atoms with E-state index in [1.807, 2.05) is 0 Å². The highest BCUT2D eigenvalue weighted by atomic mass is 19.4. The molecule has 0 spiro atoms. The van der Waals surface area contributed by atoms with Gasteiger partial charge in [0.1, 0.15) is 5.76 Å². The molecule has 24 heavy (non-hydrogen) atoms. The summed E-state index contributed by atoms with van der Waals surface area (Å²) in [6.07, 6.45) is -1.64. The summed E-state index contributed by atoms with van der Waals surface area (Å²) in [7, 11) is 0. The van der Waals surface area contributed by atoms with E-state index in [0.717, 1.165) is 17.7 Å². The third-order valence-electron chi connectivity index (χ3n) is 4.44. The molecule has 0 atom stereocenters. The summed E-state index contributed by atoms with van der Waals surface area (Å²) in [4.78, 5) is 18.0. The number of hydrogen-bond acceptors (Lipinski definition) is 3. The second-order valence-corrected chi connectivity index (χ2v) is 5.94. The number of hydrogen-bond donors (Lipinski definition) is 0. The zero-order valence-electron chi connectivity index (χ0n) is 13.1. The number of benzene rings is 1. The van der Waals surface area contributed by atoms with Crippen molar-refractivity contribution < 1.29 is 22.4 Å². The van der Waals surface area contributed by atoms with Crippen LogP contribution in [0.4, 0.5) is 13.2 Å². The lowest BCUT2D eigenvalue weighted by atomic mass is 9.89. The van der Waals surface area contributed by atoms with Crippen LogP contribution in [0.1, 0.15) is 46.1 Å². The van der Waals surface area contributed by atoms with Crippen LogP contribution in [-0.4, -0.2) is 28.9 Å². The zero-order chi connectivity index (χ0) is 17.3. The maximum Gasteiger partial charge on any atom is 0.416 e. The molecule has 1 aliphatic heterocycles. The number of alkyl halides is 3. The number of carbonyl (C=O) groups excluding carboxylic acids is 1. The van der Waals surface area contributed by atoms with Crippen molar-refractivity contribution in [2.45, 2.75) is 31.9 Å². The van der Waals surface area contributed by atoms with Crippen molar-refractivity contribution in [2.75, 3.05) is 13.1 Å². The molecule has 0 aliphatic carbocycles. The number of likely N-dealkylation sites (tertiary alicyclic amines) is 1. The Morgan fingerprint density at radius 3 is 2.33 bits per heavy atom. The predicted molar refractivity (Wildman–Crippen MR) is 80.6 cm³/mol. The molecule has 7 heteroatoms. The topological polar surface area (TPSA) is 46.3 Å². The first-order valence-electron chi connectivity index (χ1n) is 7.73. The molecule has 0 N–H and O–H groups in total. The number of rotatable bonds is 2. The van der Waals surface area contributed by atoms with Gasteiger partial charge in [0.05, 0.1) is 5.56 Å². The maximum absolute atomic E-state index is 12.6. The lowest BCUT2D eigenvalue weighted by Crippen LogP contribution is -2.38. The van der Waals surface area contributed by atoms with Crippen molar-refractivity contribution in [3.05, 3.63) is 53.2 Å². The molecule has 128 valence electrons. The Hall–Kier alpha value is -2.31. The molecule has 1 amide bonds. The van der Waals surface area contributed by atoms with E-state index in [4.69, 9.17) is 4.42 Å². The number of oxazole rings is 1. The third kappa shape index (κ3) is 3.29. The minimum Gasteiger partial charge on any atom is -0.448 e. The Labute approximate surface area is 137 Å². The summed E-state index contributed by atoms with van der Waals surface area (Å²) in [5.41, 5.74) is 0.566. The molecule has 2 aromatic rings. The second-order valence-electron chi connectivity index (χ2n) is 5.94. The molecule has 1 aliphatic rings. The minimum absolute atomic E-state index is 0.160. The molecule has 3 rings (SSSR count). The lowest BCUT2D eigenvalue weighted by molar-refractivity contribution is -0.137. The van der Waals surface area contributed by atoms with Gasteiger partial charge in [0.2, 0.25) is 0 Å². The first-order chi connectivity index (χ1) is 11.4. The van der Waals surface area contributed by atoms with E-state index in [9.17, 15) is 18.0 Å². The van der Waals surface area contributed by atoms with Gasteiger partial charge in [-0.25, -0.2) is 4.98 Å². The summed E-state index contributed by atoms with van der Waals surface area (Å²) in [5.74, 6) is 0.492. The molecule has 1 aromatic heterocycles. The first kappa shape index (κ1) is 16.5. The van der Waals surface area contributed by atoms with Crippen molar-refractivity contribution in [3.63, 3.8) is 0 Å². The van der Waals surface area contributed by atoms with E-state index in [1.165, 1.54) is 18.5 Å². The lowest BCUT2D eigenvalue weighted by Gasteiger charge is -2.32. The van der Waals surface area contributed by atoms with Crippen molar-refractivity contribution in [2.24, 2.45) is 0 Å². The van der Waals surface area contributed by atoms with Gasteiger partial charge in [-0.15, -0.1) is 0 Å². The fourth-order valence-corrected chi connectivity index (χ4v) is 3.02. The van der Waals surface area contributed by atoms with Crippen molar-refractivity contribution in [1.82, 2.24) is 9.88 Å². The number of nitrogens with zero attached hydrogens (tertiary/aromatic N) is 2. The highest BCUT2D eigenvalue weighted by molar-refractivity contribution is 5.93. The molecule has 1 saturated heterocycles. The fraction of sp³-hybridized carbons (Fsp3) is 0.412. The Morgan fingerprint density at radius 1 is 1.21 bits per heavy atom. The number of piperidine rings is 1. The third-order valence-corrected chi connectivity index (χ3v) is 4.44. The Bertz CT molecular complexity index is 714. The highest BCUT2D eigenvalue weighted by Gasteiger charge is 2.31. The first-order valence-corrected chi connectivity index (χ1v) is 7.73. The van der Waals surface area contributed by atoms with E-state index in [0.29, 0.717) is 37.4 Å². The summed E-state index contributed by atoms with van der Waals surface area (Å²) in [5, 5.41) is 0. The molecule has 2 heterocycles. The van der Waals surface area contributed by atoms with Crippen LogP contribution in [0.15, 0.2) is 35.1 Å². The smallest absolute Gasteiger partial charge is 0.416 e. The van der Waals surface area contributed by atoms with E-state index in [-0.39, 0.29) is 11.8 Å². The number of halogens is 3. The van der Waals surface area contributed by atoms with Crippen LogP contribution in [0.25, 0.3) is 0 Å². The van der Waals surface area contributed by atoms with Crippen LogP contribution in [0.2, 0.25) is 0 Å². The maximum atomic E-state index is 12.6. The quantitative estimate of drug-likeness (QED) is 0.831. The predicted octanol–water partition coefficient (Wildman–Crippen LogP) is 4.02. The second kappa shape index (κ2) is 6.30. The Kier molecular flexibility index (Phi) is 4.34. The van der Waals surface area contributed by atoms with Gasteiger partial charge in [0.25, 0.3) is 5.91 Å². The van der Waals surface area contributed by atoms with Crippen molar-refractivity contribution in [1.29, 1.82) is 0 Å². The van der Waals surface area contributed by atoms with Gasteiger partial charge in [0.15, 0.2) is 12.1 Å².